The van der Waals surface area contributed by atoms with Crippen LogP contribution in [0.1, 0.15) is 47.7 Å². The summed E-state index contributed by atoms with van der Waals surface area (Å²) in [5, 5.41) is 3.45. The van der Waals surface area contributed by atoms with E-state index in [2.05, 4.69) is 19.6 Å². The summed E-state index contributed by atoms with van der Waals surface area (Å²) in [5.74, 6) is -0.834. The first-order chi connectivity index (χ1) is 14.2. The van der Waals surface area contributed by atoms with Gasteiger partial charge in [0.05, 0.1) is 12.3 Å². The Labute approximate surface area is 172 Å². The van der Waals surface area contributed by atoms with Crippen LogP contribution in [0.25, 0.3) is 11.4 Å². The van der Waals surface area contributed by atoms with E-state index in [9.17, 15) is 13.2 Å². The first-order valence-electron chi connectivity index (χ1n) is 9.35. The van der Waals surface area contributed by atoms with E-state index in [1.807, 2.05) is 32.9 Å². The third-order valence-corrected chi connectivity index (χ3v) is 4.53. The predicted molar refractivity (Wildman–Crippen MR) is 103 cm³/mol. The molecule has 0 saturated carbocycles. The number of aryl methyl sites for hydroxylation is 2. The summed E-state index contributed by atoms with van der Waals surface area (Å²) in [6.45, 7) is 6.08. The standard InChI is InChI=1S/C21H22F3N3O3/c1-5-17(14-6-7-16(11-28-4)25-10-14)29-18-12(2)8-15(9-13(18)3)19-26-20(30-27-19)21(22,23)24/h6-10,17H,5,11H2,1-4H3. The third kappa shape index (κ3) is 4.79. The quantitative estimate of drug-likeness (QED) is 0.506. The second kappa shape index (κ2) is 8.83. The predicted octanol–water partition coefficient (Wildman–Crippen LogP) is 5.44. The number of alkyl halides is 3. The lowest BCUT2D eigenvalue weighted by atomic mass is 10.0. The van der Waals surface area contributed by atoms with Crippen LogP contribution < -0.4 is 4.74 Å². The van der Waals surface area contributed by atoms with Crippen LogP contribution in [0.5, 0.6) is 5.75 Å². The number of pyridine rings is 1. The van der Waals surface area contributed by atoms with E-state index in [4.69, 9.17) is 9.47 Å². The zero-order valence-corrected chi connectivity index (χ0v) is 17.1. The van der Waals surface area contributed by atoms with Crippen LogP contribution in [0.2, 0.25) is 0 Å². The minimum Gasteiger partial charge on any atom is -0.485 e. The lowest BCUT2D eigenvalue weighted by Gasteiger charge is -2.21. The van der Waals surface area contributed by atoms with Crippen LogP contribution in [0, 0.1) is 13.8 Å². The van der Waals surface area contributed by atoms with Gasteiger partial charge in [-0.25, -0.2) is 0 Å². The Morgan fingerprint density at radius 1 is 1.13 bits per heavy atom. The Balaban J connectivity index is 1.85. The van der Waals surface area contributed by atoms with Crippen molar-refractivity contribution in [3.05, 3.63) is 58.7 Å². The van der Waals surface area contributed by atoms with Crippen LogP contribution in [-0.2, 0) is 17.5 Å². The smallest absolute Gasteiger partial charge is 0.471 e. The zero-order chi connectivity index (χ0) is 21.9. The SMILES string of the molecule is CCC(Oc1c(C)cc(-c2noc(C(F)(F)F)n2)cc1C)c1ccc(COC)nc1. The van der Waals surface area contributed by atoms with Crippen LogP contribution in [-0.4, -0.2) is 22.2 Å². The van der Waals surface area contributed by atoms with Gasteiger partial charge in [-0.05, 0) is 49.6 Å². The van der Waals surface area contributed by atoms with Crippen molar-refractivity contribution in [1.82, 2.24) is 15.1 Å². The summed E-state index contributed by atoms with van der Waals surface area (Å²) < 4.78 is 53.8. The Kier molecular flexibility index (Phi) is 6.40. The highest BCUT2D eigenvalue weighted by Gasteiger charge is 2.38. The number of ether oxygens (including phenoxy) is 2. The lowest BCUT2D eigenvalue weighted by Crippen LogP contribution is -2.09. The molecule has 2 heterocycles. The van der Waals surface area contributed by atoms with Gasteiger partial charge in [0.25, 0.3) is 0 Å². The molecular weight excluding hydrogens is 399 g/mol. The number of benzene rings is 1. The van der Waals surface area contributed by atoms with Crippen molar-refractivity contribution < 1.29 is 27.2 Å². The van der Waals surface area contributed by atoms with Gasteiger partial charge < -0.3 is 14.0 Å². The van der Waals surface area contributed by atoms with Gasteiger partial charge in [0.1, 0.15) is 11.9 Å². The van der Waals surface area contributed by atoms with Gasteiger partial charge in [-0.1, -0.05) is 18.1 Å². The molecule has 3 rings (SSSR count). The van der Waals surface area contributed by atoms with Crippen molar-refractivity contribution in [1.29, 1.82) is 0 Å². The normalized spacial score (nSPS) is 12.8. The molecule has 0 saturated heterocycles. The third-order valence-electron chi connectivity index (χ3n) is 4.53. The van der Waals surface area contributed by atoms with Gasteiger partial charge in [0.2, 0.25) is 5.82 Å². The van der Waals surface area contributed by atoms with E-state index in [0.29, 0.717) is 24.3 Å². The summed E-state index contributed by atoms with van der Waals surface area (Å²) in [6, 6.07) is 7.20. The highest BCUT2D eigenvalue weighted by Crippen LogP contribution is 2.34. The first kappa shape index (κ1) is 21.8. The molecule has 0 fully saturated rings. The number of methoxy groups -OCH3 is 1. The molecule has 0 N–H and O–H groups in total. The number of aromatic nitrogens is 3. The number of halogens is 3. The molecule has 1 unspecified atom stereocenters. The second-order valence-corrected chi connectivity index (χ2v) is 6.89. The highest BCUT2D eigenvalue weighted by molar-refractivity contribution is 5.61. The van der Waals surface area contributed by atoms with Crippen molar-refractivity contribution >= 4 is 0 Å². The maximum Gasteiger partial charge on any atom is 0.471 e. The van der Waals surface area contributed by atoms with E-state index < -0.39 is 12.1 Å². The van der Waals surface area contributed by atoms with Crippen molar-refractivity contribution in [3.63, 3.8) is 0 Å². The molecule has 30 heavy (non-hydrogen) atoms. The monoisotopic (exact) mass is 421 g/mol. The van der Waals surface area contributed by atoms with Crippen LogP contribution in [0.4, 0.5) is 13.2 Å². The van der Waals surface area contributed by atoms with Gasteiger partial charge in [0, 0.05) is 24.4 Å². The van der Waals surface area contributed by atoms with Crippen LogP contribution >= 0.6 is 0 Å². The fourth-order valence-corrected chi connectivity index (χ4v) is 3.11. The molecule has 0 radical (unpaired) electrons. The molecule has 2 aromatic heterocycles. The highest BCUT2D eigenvalue weighted by atomic mass is 19.4. The van der Waals surface area contributed by atoms with Crippen LogP contribution in [0.15, 0.2) is 35.0 Å². The van der Waals surface area contributed by atoms with Crippen molar-refractivity contribution in [3.8, 4) is 17.1 Å². The Morgan fingerprint density at radius 3 is 2.33 bits per heavy atom. The molecule has 160 valence electrons. The molecule has 0 spiro atoms. The minimum atomic E-state index is -4.68. The average Bonchev–Trinajstić information content (AvgIpc) is 3.19. The summed E-state index contributed by atoms with van der Waals surface area (Å²) in [6.07, 6.45) is -2.43. The zero-order valence-electron chi connectivity index (χ0n) is 17.1. The summed E-state index contributed by atoms with van der Waals surface area (Å²) in [7, 11) is 1.61. The molecule has 0 bridgehead atoms. The van der Waals surface area contributed by atoms with Crippen molar-refractivity contribution in [2.75, 3.05) is 7.11 Å². The number of hydrogen-bond acceptors (Lipinski definition) is 6. The maximum absolute atomic E-state index is 12.7. The Morgan fingerprint density at radius 2 is 1.83 bits per heavy atom. The Hall–Kier alpha value is -2.94. The van der Waals surface area contributed by atoms with Gasteiger partial charge in [-0.15, -0.1) is 0 Å². The maximum atomic E-state index is 12.7. The van der Waals surface area contributed by atoms with E-state index in [1.54, 1.807) is 25.4 Å². The summed E-state index contributed by atoms with van der Waals surface area (Å²) in [4.78, 5) is 7.83. The number of rotatable bonds is 7. The summed E-state index contributed by atoms with van der Waals surface area (Å²) in [5.41, 5.74) is 3.69. The van der Waals surface area contributed by atoms with Crippen LogP contribution in [0.3, 0.4) is 0 Å². The molecule has 1 atom stereocenters. The topological polar surface area (TPSA) is 70.3 Å². The van der Waals surface area contributed by atoms with E-state index in [-0.39, 0.29) is 11.9 Å². The molecule has 0 aliphatic rings. The molecule has 1 aromatic carbocycles. The molecule has 9 heteroatoms. The van der Waals surface area contributed by atoms with E-state index >= 15 is 0 Å². The fraction of sp³-hybridized carbons (Fsp3) is 0.381. The molecular formula is C21H22F3N3O3. The van der Waals surface area contributed by atoms with Gasteiger partial charge in [-0.3, -0.25) is 4.98 Å². The largest absolute Gasteiger partial charge is 0.485 e. The van der Waals surface area contributed by atoms with Crippen molar-refractivity contribution in [2.24, 2.45) is 0 Å². The molecule has 3 aromatic rings. The Bertz CT molecular complexity index is 978. The molecule has 0 aliphatic carbocycles. The molecule has 0 amide bonds. The number of nitrogens with zero attached hydrogens (tertiary/aromatic N) is 3. The van der Waals surface area contributed by atoms with Gasteiger partial charge in [-0.2, -0.15) is 18.2 Å². The van der Waals surface area contributed by atoms with E-state index in [0.717, 1.165) is 22.4 Å². The number of hydrogen-bond donors (Lipinski definition) is 0. The van der Waals surface area contributed by atoms with E-state index in [1.165, 1.54) is 0 Å². The van der Waals surface area contributed by atoms with Gasteiger partial charge >= 0.3 is 12.1 Å². The second-order valence-electron chi connectivity index (χ2n) is 6.89. The lowest BCUT2D eigenvalue weighted by molar-refractivity contribution is -0.159. The van der Waals surface area contributed by atoms with Gasteiger partial charge in [0.15, 0.2) is 0 Å². The molecule has 0 aliphatic heterocycles. The molecule has 6 nitrogen and oxygen atoms in total. The van der Waals surface area contributed by atoms with Crippen molar-refractivity contribution in [2.45, 2.75) is 46.1 Å². The average molecular weight is 421 g/mol. The first-order valence-corrected chi connectivity index (χ1v) is 9.35. The fourth-order valence-electron chi connectivity index (χ4n) is 3.11. The summed E-state index contributed by atoms with van der Waals surface area (Å²) >= 11 is 0. The minimum absolute atomic E-state index is 0.120.